The van der Waals surface area contributed by atoms with Crippen molar-refractivity contribution in [2.75, 3.05) is 66.2 Å². The van der Waals surface area contributed by atoms with Gasteiger partial charge in [0.25, 0.3) is 0 Å². The highest BCUT2D eigenvalue weighted by molar-refractivity contribution is 14.0. The third kappa shape index (κ3) is 8.18. The molecule has 2 saturated heterocycles. The molecule has 176 valence electrons. The van der Waals surface area contributed by atoms with Gasteiger partial charge in [-0.1, -0.05) is 29.8 Å². The third-order valence-corrected chi connectivity index (χ3v) is 6.16. The van der Waals surface area contributed by atoms with Crippen molar-refractivity contribution < 1.29 is 9.47 Å². The van der Waals surface area contributed by atoms with Crippen LogP contribution in [0.5, 0.6) is 0 Å². The smallest absolute Gasteiger partial charge is 0.193 e. The number of hydrogen-bond donors (Lipinski definition) is 1. The van der Waals surface area contributed by atoms with Gasteiger partial charge >= 0.3 is 0 Å². The molecular weight excluding hydrogens is 503 g/mol. The summed E-state index contributed by atoms with van der Waals surface area (Å²) in [4.78, 5) is 10.1. The second-order valence-corrected chi connectivity index (χ2v) is 8.53. The number of aliphatic imine (C=N–C) groups is 1. The van der Waals surface area contributed by atoms with E-state index in [1.807, 2.05) is 0 Å². The quantitative estimate of drug-likeness (QED) is 0.211. The summed E-state index contributed by atoms with van der Waals surface area (Å²) < 4.78 is 10.8. The maximum atomic E-state index is 5.76. The average molecular weight is 545 g/mol. The Kier molecular flexibility index (Phi) is 12.1. The lowest BCUT2D eigenvalue weighted by atomic mass is 10.0. The molecular formula is C24H41IN4O2. The summed E-state index contributed by atoms with van der Waals surface area (Å²) in [5.41, 5.74) is 2.69. The fraction of sp³-hybridized carbons (Fsp3) is 0.708. The Morgan fingerprint density at radius 3 is 2.58 bits per heavy atom. The fourth-order valence-corrected chi connectivity index (χ4v) is 4.43. The van der Waals surface area contributed by atoms with E-state index in [4.69, 9.17) is 14.5 Å². The summed E-state index contributed by atoms with van der Waals surface area (Å²) in [5.74, 6) is 1.62. The lowest BCUT2D eigenvalue weighted by Gasteiger charge is -2.28. The van der Waals surface area contributed by atoms with E-state index in [0.717, 1.165) is 45.2 Å². The lowest BCUT2D eigenvalue weighted by Crippen LogP contribution is -2.41. The Morgan fingerprint density at radius 1 is 1.16 bits per heavy atom. The van der Waals surface area contributed by atoms with Crippen LogP contribution in [-0.2, 0) is 9.47 Å². The minimum absolute atomic E-state index is 0. The van der Waals surface area contributed by atoms with Gasteiger partial charge in [-0.25, -0.2) is 0 Å². The van der Waals surface area contributed by atoms with Crippen LogP contribution in [0.25, 0.3) is 0 Å². The number of rotatable bonds is 10. The van der Waals surface area contributed by atoms with Crippen LogP contribution in [-0.4, -0.2) is 82.0 Å². The Morgan fingerprint density at radius 2 is 1.90 bits per heavy atom. The van der Waals surface area contributed by atoms with Gasteiger partial charge < -0.3 is 19.7 Å². The number of guanidine groups is 1. The zero-order valence-electron chi connectivity index (χ0n) is 19.5. The van der Waals surface area contributed by atoms with Gasteiger partial charge in [0.15, 0.2) is 5.96 Å². The van der Waals surface area contributed by atoms with Crippen LogP contribution in [0.3, 0.4) is 0 Å². The van der Waals surface area contributed by atoms with E-state index in [1.165, 1.54) is 37.1 Å². The minimum atomic E-state index is 0. The number of halogens is 1. The molecule has 0 radical (unpaired) electrons. The first-order valence-electron chi connectivity index (χ1n) is 11.6. The van der Waals surface area contributed by atoms with Gasteiger partial charge in [0.05, 0.1) is 32.4 Å². The highest BCUT2D eigenvalue weighted by atomic mass is 127. The van der Waals surface area contributed by atoms with Gasteiger partial charge in [-0.2, -0.15) is 0 Å². The van der Waals surface area contributed by atoms with Crippen LogP contribution in [0, 0.1) is 12.8 Å². The number of benzene rings is 1. The van der Waals surface area contributed by atoms with Crippen LogP contribution in [0.2, 0.25) is 0 Å². The first-order valence-corrected chi connectivity index (χ1v) is 11.6. The molecule has 0 aromatic heterocycles. The van der Waals surface area contributed by atoms with Gasteiger partial charge in [0, 0.05) is 32.7 Å². The summed E-state index contributed by atoms with van der Waals surface area (Å²) in [6.07, 6.45) is 3.75. The maximum absolute atomic E-state index is 5.76. The molecule has 2 aliphatic rings. The van der Waals surface area contributed by atoms with Crippen molar-refractivity contribution in [1.29, 1.82) is 0 Å². The number of aryl methyl sites for hydroxylation is 1. The monoisotopic (exact) mass is 544 g/mol. The molecule has 1 aromatic rings. The maximum Gasteiger partial charge on any atom is 0.193 e. The number of hydrogen-bond acceptors (Lipinski definition) is 4. The van der Waals surface area contributed by atoms with Crippen molar-refractivity contribution in [2.45, 2.75) is 39.2 Å². The molecule has 0 saturated carbocycles. The Bertz CT molecular complexity index is 649. The normalized spacial score (nSPS) is 20.7. The number of likely N-dealkylation sites (tertiary alicyclic amines) is 2. The second kappa shape index (κ2) is 14.3. The SMILES string of the molecule is CCNC(=NCC(c1ccc(C)cc1)N1CCCC1)N1CCC(COCCOC)C1.I. The zero-order chi connectivity index (χ0) is 21.2. The average Bonchev–Trinajstić information content (AvgIpc) is 3.44. The van der Waals surface area contributed by atoms with Crippen LogP contribution in [0.15, 0.2) is 29.3 Å². The van der Waals surface area contributed by atoms with E-state index in [1.54, 1.807) is 7.11 Å². The van der Waals surface area contributed by atoms with E-state index in [-0.39, 0.29) is 24.0 Å². The molecule has 0 spiro atoms. The van der Waals surface area contributed by atoms with E-state index in [2.05, 4.69) is 53.2 Å². The molecule has 3 rings (SSSR count). The van der Waals surface area contributed by atoms with Crippen LogP contribution in [0.1, 0.15) is 43.4 Å². The van der Waals surface area contributed by atoms with Crippen LogP contribution >= 0.6 is 24.0 Å². The van der Waals surface area contributed by atoms with Gasteiger partial charge in [0.1, 0.15) is 0 Å². The van der Waals surface area contributed by atoms with Crippen LogP contribution in [0.4, 0.5) is 0 Å². The largest absolute Gasteiger partial charge is 0.382 e. The molecule has 7 heteroatoms. The van der Waals surface area contributed by atoms with E-state index >= 15 is 0 Å². The first kappa shape index (κ1) is 26.4. The molecule has 0 bridgehead atoms. The first-order chi connectivity index (χ1) is 14.7. The number of methoxy groups -OCH3 is 1. The standard InChI is InChI=1S/C24H40N4O2.HI/c1-4-25-24(28-14-11-21(18-28)19-30-16-15-29-3)26-17-23(27-12-5-6-13-27)22-9-7-20(2)8-10-22;/h7-10,21,23H,4-6,11-19H2,1-3H3,(H,25,26);1H. The van der Waals surface area contributed by atoms with Crippen molar-refractivity contribution in [3.63, 3.8) is 0 Å². The van der Waals surface area contributed by atoms with Crippen molar-refractivity contribution in [1.82, 2.24) is 15.1 Å². The minimum Gasteiger partial charge on any atom is -0.382 e. The molecule has 0 aliphatic carbocycles. The van der Waals surface area contributed by atoms with Crippen molar-refractivity contribution in [3.8, 4) is 0 Å². The summed E-state index contributed by atoms with van der Waals surface area (Å²) in [6, 6.07) is 9.37. The van der Waals surface area contributed by atoms with Gasteiger partial charge in [0.2, 0.25) is 0 Å². The fourth-order valence-electron chi connectivity index (χ4n) is 4.43. The molecule has 2 unspecified atom stereocenters. The van der Waals surface area contributed by atoms with E-state index in [9.17, 15) is 0 Å². The molecule has 2 fully saturated rings. The lowest BCUT2D eigenvalue weighted by molar-refractivity contribution is 0.0536. The van der Waals surface area contributed by atoms with Crippen molar-refractivity contribution in [3.05, 3.63) is 35.4 Å². The molecule has 31 heavy (non-hydrogen) atoms. The topological polar surface area (TPSA) is 49.3 Å². The molecule has 1 aromatic carbocycles. The summed E-state index contributed by atoms with van der Waals surface area (Å²) >= 11 is 0. The predicted octanol–water partition coefficient (Wildman–Crippen LogP) is 3.70. The molecule has 6 nitrogen and oxygen atoms in total. The predicted molar refractivity (Wildman–Crippen MR) is 138 cm³/mol. The van der Waals surface area contributed by atoms with E-state index < -0.39 is 0 Å². The zero-order valence-corrected chi connectivity index (χ0v) is 21.8. The van der Waals surface area contributed by atoms with Gasteiger partial charge in [-0.15, -0.1) is 24.0 Å². The second-order valence-electron chi connectivity index (χ2n) is 8.53. The van der Waals surface area contributed by atoms with E-state index in [0.29, 0.717) is 25.2 Å². The summed E-state index contributed by atoms with van der Waals surface area (Å²) in [6.45, 7) is 12.5. The highest BCUT2D eigenvalue weighted by Crippen LogP contribution is 2.26. The van der Waals surface area contributed by atoms with Gasteiger partial charge in [-0.05, 0) is 51.8 Å². The number of nitrogens with zero attached hydrogens (tertiary/aromatic N) is 3. The highest BCUT2D eigenvalue weighted by Gasteiger charge is 2.27. The number of nitrogens with one attached hydrogen (secondary N) is 1. The molecule has 2 heterocycles. The molecule has 2 atom stereocenters. The Labute approximate surface area is 205 Å². The van der Waals surface area contributed by atoms with Crippen molar-refractivity contribution >= 4 is 29.9 Å². The molecule has 1 N–H and O–H groups in total. The third-order valence-electron chi connectivity index (χ3n) is 6.16. The van der Waals surface area contributed by atoms with Crippen molar-refractivity contribution in [2.24, 2.45) is 10.9 Å². The molecule has 2 aliphatic heterocycles. The summed E-state index contributed by atoms with van der Waals surface area (Å²) in [7, 11) is 1.71. The van der Waals surface area contributed by atoms with Gasteiger partial charge in [-0.3, -0.25) is 9.89 Å². The number of ether oxygens (including phenoxy) is 2. The van der Waals surface area contributed by atoms with Crippen LogP contribution < -0.4 is 5.32 Å². The molecule has 0 amide bonds. The Balaban J connectivity index is 0.00000341. The summed E-state index contributed by atoms with van der Waals surface area (Å²) in [5, 5.41) is 3.52. The Hall–Kier alpha value is -0.900.